The van der Waals surface area contributed by atoms with Crippen molar-refractivity contribution in [1.82, 2.24) is 10.0 Å². The zero-order valence-corrected chi connectivity index (χ0v) is 15.9. The molecule has 2 aliphatic rings. The van der Waals surface area contributed by atoms with Gasteiger partial charge in [-0.3, -0.25) is 4.79 Å². The Labute approximate surface area is 154 Å². The van der Waals surface area contributed by atoms with E-state index in [9.17, 15) is 13.2 Å². The van der Waals surface area contributed by atoms with Gasteiger partial charge in [0.05, 0.1) is 10.5 Å². The van der Waals surface area contributed by atoms with Gasteiger partial charge in [0, 0.05) is 24.9 Å². The highest BCUT2D eigenvalue weighted by molar-refractivity contribution is 7.89. The first kappa shape index (κ1) is 19.1. The van der Waals surface area contributed by atoms with E-state index < -0.39 is 10.0 Å². The second-order valence-electron chi connectivity index (χ2n) is 7.35. The summed E-state index contributed by atoms with van der Waals surface area (Å²) in [5, 5.41) is 15.0. The summed E-state index contributed by atoms with van der Waals surface area (Å²) in [7, 11) is -2.29. The quantitative estimate of drug-likeness (QED) is 0.510. The maximum atomic E-state index is 12.5. The summed E-state index contributed by atoms with van der Waals surface area (Å²) in [6, 6.07) is 4.90. The van der Waals surface area contributed by atoms with E-state index in [2.05, 4.69) is 15.4 Å². The minimum atomic E-state index is -3.63. The van der Waals surface area contributed by atoms with Crippen LogP contribution in [-0.2, 0) is 10.0 Å². The van der Waals surface area contributed by atoms with Crippen LogP contribution in [0.5, 0.6) is 0 Å². The van der Waals surface area contributed by atoms with Crippen molar-refractivity contribution in [2.24, 2.45) is 5.41 Å². The number of carbonyl (C=O) groups is 1. The standard InChI is InChI=1S/C18H27N3O4S/c1-19-26(24,25)14-4-5-16(15(10-14)17(23)20-8-3-9-22)21-13-11-18(12-13)6-2-7-18/h4-5,10,13,19,21-22H,2-3,6-9,11-12H2,1H3,(H,20,23). The lowest BCUT2D eigenvalue weighted by molar-refractivity contribution is 0.0192. The first-order chi connectivity index (χ1) is 12.4. The number of rotatable bonds is 8. The van der Waals surface area contributed by atoms with Gasteiger partial charge < -0.3 is 15.7 Å². The lowest BCUT2D eigenvalue weighted by Gasteiger charge is -2.54. The molecular weight excluding hydrogens is 354 g/mol. The summed E-state index contributed by atoms with van der Waals surface area (Å²) in [5.74, 6) is -0.341. The third kappa shape index (κ3) is 3.87. The number of nitrogens with one attached hydrogen (secondary N) is 3. The lowest BCUT2D eigenvalue weighted by atomic mass is 9.54. The monoisotopic (exact) mass is 381 g/mol. The predicted molar refractivity (Wildman–Crippen MR) is 99.7 cm³/mol. The van der Waals surface area contributed by atoms with Gasteiger partial charge in [-0.2, -0.15) is 0 Å². The van der Waals surface area contributed by atoms with Crippen LogP contribution >= 0.6 is 0 Å². The fourth-order valence-electron chi connectivity index (χ4n) is 3.89. The molecule has 1 spiro atoms. The second kappa shape index (κ2) is 7.54. The van der Waals surface area contributed by atoms with Crippen LogP contribution in [0.15, 0.2) is 23.1 Å². The van der Waals surface area contributed by atoms with Crippen LogP contribution in [0.2, 0.25) is 0 Å². The van der Waals surface area contributed by atoms with Crippen LogP contribution in [0.3, 0.4) is 0 Å². The summed E-state index contributed by atoms with van der Waals surface area (Å²) in [6.45, 7) is 0.327. The van der Waals surface area contributed by atoms with Gasteiger partial charge >= 0.3 is 0 Å². The van der Waals surface area contributed by atoms with Crippen molar-refractivity contribution in [2.45, 2.75) is 49.5 Å². The van der Waals surface area contributed by atoms with E-state index in [1.807, 2.05) is 0 Å². The van der Waals surface area contributed by atoms with Crippen LogP contribution in [0.25, 0.3) is 0 Å². The van der Waals surface area contributed by atoms with Crippen molar-refractivity contribution < 1.29 is 18.3 Å². The first-order valence-corrected chi connectivity index (χ1v) is 10.6. The van der Waals surface area contributed by atoms with E-state index in [-0.39, 0.29) is 17.4 Å². The van der Waals surface area contributed by atoms with Crippen molar-refractivity contribution in [3.05, 3.63) is 23.8 Å². The molecule has 3 rings (SSSR count). The second-order valence-corrected chi connectivity index (χ2v) is 9.24. The lowest BCUT2D eigenvalue weighted by Crippen LogP contribution is -2.49. The fourth-order valence-corrected chi connectivity index (χ4v) is 4.65. The van der Waals surface area contributed by atoms with Gasteiger partial charge in [0.1, 0.15) is 0 Å². The van der Waals surface area contributed by atoms with E-state index >= 15 is 0 Å². The van der Waals surface area contributed by atoms with Crippen molar-refractivity contribution in [1.29, 1.82) is 0 Å². The molecule has 1 amide bonds. The Morgan fingerprint density at radius 2 is 2.04 bits per heavy atom. The summed E-state index contributed by atoms with van der Waals surface area (Å²) in [6.07, 6.45) is 6.55. The molecule has 1 aromatic carbocycles. The molecule has 0 heterocycles. The third-order valence-electron chi connectivity index (χ3n) is 5.57. The van der Waals surface area contributed by atoms with Gasteiger partial charge in [0.25, 0.3) is 5.91 Å². The molecule has 26 heavy (non-hydrogen) atoms. The Balaban J connectivity index is 1.78. The maximum absolute atomic E-state index is 12.5. The van der Waals surface area contributed by atoms with Crippen LogP contribution < -0.4 is 15.4 Å². The predicted octanol–water partition coefficient (Wildman–Crippen LogP) is 1.45. The van der Waals surface area contributed by atoms with Crippen molar-refractivity contribution in [2.75, 3.05) is 25.5 Å². The normalized spacial score (nSPS) is 18.8. The van der Waals surface area contributed by atoms with Crippen molar-refractivity contribution >= 4 is 21.6 Å². The van der Waals surface area contributed by atoms with Crippen LogP contribution in [0.1, 0.15) is 48.9 Å². The van der Waals surface area contributed by atoms with E-state index in [1.54, 1.807) is 6.07 Å². The number of sulfonamides is 1. The largest absolute Gasteiger partial charge is 0.396 e. The summed E-state index contributed by atoms with van der Waals surface area (Å²) < 4.78 is 26.4. The molecule has 8 heteroatoms. The molecule has 0 unspecified atom stereocenters. The third-order valence-corrected chi connectivity index (χ3v) is 6.98. The van der Waals surface area contributed by atoms with E-state index in [0.717, 1.165) is 12.8 Å². The van der Waals surface area contributed by atoms with Gasteiger partial charge in [-0.05, 0) is 62.8 Å². The van der Waals surface area contributed by atoms with E-state index in [0.29, 0.717) is 35.7 Å². The number of amides is 1. The molecular formula is C18H27N3O4S. The molecule has 4 N–H and O–H groups in total. The van der Waals surface area contributed by atoms with Gasteiger partial charge in [-0.15, -0.1) is 0 Å². The number of carbonyl (C=O) groups excluding carboxylic acids is 1. The topological polar surface area (TPSA) is 108 Å². The SMILES string of the molecule is CNS(=O)(=O)c1ccc(NC2CC3(CCC3)C2)c(C(=O)NCCCO)c1. The molecule has 7 nitrogen and oxygen atoms in total. The Hall–Kier alpha value is -1.64. The first-order valence-electron chi connectivity index (χ1n) is 9.12. The fraction of sp³-hybridized carbons (Fsp3) is 0.611. The molecule has 2 fully saturated rings. The molecule has 0 bridgehead atoms. The van der Waals surface area contributed by atoms with Crippen LogP contribution in [0, 0.1) is 5.41 Å². The molecule has 0 saturated heterocycles. The zero-order chi connectivity index (χ0) is 18.8. The number of aliphatic hydroxyl groups excluding tert-OH is 1. The van der Waals surface area contributed by atoms with Crippen LogP contribution in [-0.4, -0.2) is 45.7 Å². The highest BCUT2D eigenvalue weighted by Crippen LogP contribution is 2.56. The van der Waals surface area contributed by atoms with Crippen molar-refractivity contribution in [3.63, 3.8) is 0 Å². The number of benzene rings is 1. The number of hydrogen-bond donors (Lipinski definition) is 4. The molecule has 144 valence electrons. The van der Waals surface area contributed by atoms with Crippen molar-refractivity contribution in [3.8, 4) is 0 Å². The van der Waals surface area contributed by atoms with Gasteiger partial charge in [-0.1, -0.05) is 6.42 Å². The maximum Gasteiger partial charge on any atom is 0.253 e. The smallest absolute Gasteiger partial charge is 0.253 e. The molecule has 2 aliphatic carbocycles. The highest BCUT2D eigenvalue weighted by atomic mass is 32.2. The number of hydrogen-bond acceptors (Lipinski definition) is 5. The van der Waals surface area contributed by atoms with E-state index in [4.69, 9.17) is 5.11 Å². The summed E-state index contributed by atoms with van der Waals surface area (Å²) >= 11 is 0. The van der Waals surface area contributed by atoms with Gasteiger partial charge in [-0.25, -0.2) is 13.1 Å². The Bertz CT molecular complexity index is 767. The summed E-state index contributed by atoms with van der Waals surface area (Å²) in [4.78, 5) is 12.6. The number of aliphatic hydroxyl groups is 1. The minimum Gasteiger partial charge on any atom is -0.396 e. The summed E-state index contributed by atoms with van der Waals surface area (Å²) in [5.41, 5.74) is 1.48. The van der Waals surface area contributed by atoms with E-state index in [1.165, 1.54) is 38.4 Å². The molecule has 0 aromatic heterocycles. The van der Waals surface area contributed by atoms with Crippen LogP contribution in [0.4, 0.5) is 5.69 Å². The minimum absolute atomic E-state index is 0.0102. The Morgan fingerprint density at radius 1 is 1.31 bits per heavy atom. The average molecular weight is 381 g/mol. The molecule has 1 aromatic rings. The average Bonchev–Trinajstić information content (AvgIpc) is 2.56. The van der Waals surface area contributed by atoms with Gasteiger partial charge in [0.15, 0.2) is 0 Å². The molecule has 0 aliphatic heterocycles. The number of anilines is 1. The Morgan fingerprint density at radius 3 is 2.62 bits per heavy atom. The molecule has 0 radical (unpaired) electrons. The zero-order valence-electron chi connectivity index (χ0n) is 15.0. The highest BCUT2D eigenvalue weighted by Gasteiger charge is 2.48. The molecule has 0 atom stereocenters. The molecule has 2 saturated carbocycles. The Kier molecular flexibility index (Phi) is 5.55. The van der Waals surface area contributed by atoms with Gasteiger partial charge in [0.2, 0.25) is 10.0 Å².